The van der Waals surface area contributed by atoms with E-state index in [2.05, 4.69) is 40.6 Å². The molecule has 1 aliphatic carbocycles. The van der Waals surface area contributed by atoms with E-state index in [9.17, 15) is 0 Å². The Balaban J connectivity index is 1.78. The molecule has 0 aromatic carbocycles. The summed E-state index contributed by atoms with van der Waals surface area (Å²) in [6, 6.07) is 2.67. The minimum Gasteiger partial charge on any atom is -0.367 e. The molecule has 2 aromatic heterocycles. The van der Waals surface area contributed by atoms with E-state index in [4.69, 9.17) is 0 Å². The lowest BCUT2D eigenvalue weighted by molar-refractivity contribution is 0.260. The Morgan fingerprint density at radius 1 is 1.22 bits per heavy atom. The van der Waals surface area contributed by atoms with Crippen LogP contribution in [0.2, 0.25) is 0 Å². The molecule has 0 amide bonds. The summed E-state index contributed by atoms with van der Waals surface area (Å²) >= 11 is 1.67. The number of hydrogen-bond donors (Lipinski definition) is 1. The predicted molar refractivity (Wildman–Crippen MR) is 77.0 cm³/mol. The predicted octanol–water partition coefficient (Wildman–Crippen LogP) is 3.93. The number of fused-ring (bicyclic) bond motifs is 1. The van der Waals surface area contributed by atoms with Crippen LogP contribution < -0.4 is 5.32 Å². The fraction of sp³-hybridized carbons (Fsp3) is 0.571. The van der Waals surface area contributed by atoms with Crippen molar-refractivity contribution in [3.63, 3.8) is 0 Å². The Bertz CT molecular complexity index is 537. The lowest BCUT2D eigenvalue weighted by Crippen LogP contribution is -2.30. The summed E-state index contributed by atoms with van der Waals surface area (Å²) in [7, 11) is 0. The third kappa shape index (κ3) is 2.21. The van der Waals surface area contributed by atoms with Gasteiger partial charge in [0.2, 0.25) is 0 Å². The normalized spacial score (nSPS) is 28.4. The molecule has 4 heteroatoms. The molecule has 2 aromatic rings. The molecule has 3 atom stereocenters. The fourth-order valence-electron chi connectivity index (χ4n) is 2.78. The van der Waals surface area contributed by atoms with E-state index in [-0.39, 0.29) is 0 Å². The van der Waals surface area contributed by atoms with Gasteiger partial charge in [0.1, 0.15) is 17.0 Å². The molecule has 3 rings (SSSR count). The fourth-order valence-corrected chi connectivity index (χ4v) is 3.51. The summed E-state index contributed by atoms with van der Waals surface area (Å²) in [5, 5.41) is 6.86. The van der Waals surface area contributed by atoms with Crippen LogP contribution in [0, 0.1) is 11.8 Å². The second kappa shape index (κ2) is 4.84. The van der Waals surface area contributed by atoms with Crippen molar-refractivity contribution in [3.05, 3.63) is 17.8 Å². The van der Waals surface area contributed by atoms with E-state index >= 15 is 0 Å². The molecule has 3 nitrogen and oxygen atoms in total. The Morgan fingerprint density at radius 2 is 2.11 bits per heavy atom. The lowest BCUT2D eigenvalue weighted by atomic mass is 9.79. The molecule has 1 saturated carbocycles. The van der Waals surface area contributed by atoms with Crippen molar-refractivity contribution < 1.29 is 0 Å². The first-order chi connectivity index (χ1) is 8.74. The molecule has 96 valence electrons. The quantitative estimate of drug-likeness (QED) is 0.890. The number of nitrogens with one attached hydrogen (secondary N) is 1. The van der Waals surface area contributed by atoms with Crippen LogP contribution in [-0.2, 0) is 0 Å². The minimum atomic E-state index is 0.564. The molecule has 0 spiro atoms. The molecular formula is C14H19N3S. The zero-order chi connectivity index (χ0) is 12.5. The molecule has 0 radical (unpaired) electrons. The molecule has 0 bridgehead atoms. The topological polar surface area (TPSA) is 37.8 Å². The first kappa shape index (κ1) is 11.9. The highest BCUT2D eigenvalue weighted by Crippen LogP contribution is 2.32. The van der Waals surface area contributed by atoms with E-state index in [1.54, 1.807) is 17.7 Å². The smallest absolute Gasteiger partial charge is 0.138 e. The number of thiophene rings is 1. The van der Waals surface area contributed by atoms with Gasteiger partial charge in [0.05, 0.1) is 5.39 Å². The molecule has 0 saturated heterocycles. The van der Waals surface area contributed by atoms with Gasteiger partial charge in [-0.05, 0) is 42.5 Å². The van der Waals surface area contributed by atoms with Gasteiger partial charge in [0.15, 0.2) is 0 Å². The zero-order valence-corrected chi connectivity index (χ0v) is 11.7. The number of aromatic nitrogens is 2. The van der Waals surface area contributed by atoms with Gasteiger partial charge in [-0.3, -0.25) is 0 Å². The van der Waals surface area contributed by atoms with Gasteiger partial charge in [-0.25, -0.2) is 9.97 Å². The van der Waals surface area contributed by atoms with Crippen molar-refractivity contribution in [1.29, 1.82) is 0 Å². The van der Waals surface area contributed by atoms with Crippen LogP contribution in [-0.4, -0.2) is 16.0 Å². The SMILES string of the molecule is CC1CCC(Nc2ncnc3sccc23)CC1C. The molecule has 2 heterocycles. The van der Waals surface area contributed by atoms with Gasteiger partial charge in [-0.2, -0.15) is 0 Å². The highest BCUT2D eigenvalue weighted by molar-refractivity contribution is 7.16. The van der Waals surface area contributed by atoms with E-state index in [0.29, 0.717) is 6.04 Å². The highest BCUT2D eigenvalue weighted by Gasteiger charge is 2.24. The maximum absolute atomic E-state index is 4.40. The summed E-state index contributed by atoms with van der Waals surface area (Å²) in [6.45, 7) is 4.72. The summed E-state index contributed by atoms with van der Waals surface area (Å²) < 4.78 is 0. The summed E-state index contributed by atoms with van der Waals surface area (Å²) in [4.78, 5) is 9.76. The van der Waals surface area contributed by atoms with E-state index in [1.807, 2.05) is 0 Å². The molecule has 3 unspecified atom stereocenters. The third-order valence-electron chi connectivity index (χ3n) is 4.20. The van der Waals surface area contributed by atoms with Gasteiger partial charge < -0.3 is 5.32 Å². The van der Waals surface area contributed by atoms with Crippen molar-refractivity contribution in [1.82, 2.24) is 9.97 Å². The first-order valence-electron chi connectivity index (χ1n) is 6.69. The van der Waals surface area contributed by atoms with Crippen LogP contribution >= 0.6 is 11.3 Å². The standard InChI is InChI=1S/C14H19N3S/c1-9-3-4-11(7-10(9)2)17-13-12-5-6-18-14(12)16-8-15-13/h5-6,8-11H,3-4,7H2,1-2H3,(H,15,16,17). The number of nitrogens with zero attached hydrogens (tertiary/aromatic N) is 2. The molecular weight excluding hydrogens is 242 g/mol. The Labute approximate surface area is 112 Å². The van der Waals surface area contributed by atoms with Gasteiger partial charge >= 0.3 is 0 Å². The van der Waals surface area contributed by atoms with E-state index in [0.717, 1.165) is 27.9 Å². The first-order valence-corrected chi connectivity index (χ1v) is 7.56. The Hall–Kier alpha value is -1.16. The zero-order valence-electron chi connectivity index (χ0n) is 10.9. The van der Waals surface area contributed by atoms with Crippen LogP contribution in [0.15, 0.2) is 17.8 Å². The maximum Gasteiger partial charge on any atom is 0.138 e. The summed E-state index contributed by atoms with van der Waals surface area (Å²) in [5.74, 6) is 2.67. The van der Waals surface area contributed by atoms with Crippen LogP contribution in [0.1, 0.15) is 33.1 Å². The molecule has 18 heavy (non-hydrogen) atoms. The average molecular weight is 261 g/mol. The largest absolute Gasteiger partial charge is 0.367 e. The lowest BCUT2D eigenvalue weighted by Gasteiger charge is -2.32. The second-order valence-electron chi connectivity index (χ2n) is 5.47. The van der Waals surface area contributed by atoms with Crippen LogP contribution in [0.25, 0.3) is 10.2 Å². The van der Waals surface area contributed by atoms with Crippen molar-refractivity contribution in [3.8, 4) is 0 Å². The molecule has 1 N–H and O–H groups in total. The monoisotopic (exact) mass is 261 g/mol. The molecule has 1 fully saturated rings. The van der Waals surface area contributed by atoms with Crippen molar-refractivity contribution in [2.75, 3.05) is 5.32 Å². The van der Waals surface area contributed by atoms with Gasteiger partial charge in [0.25, 0.3) is 0 Å². The van der Waals surface area contributed by atoms with Gasteiger partial charge in [-0.15, -0.1) is 11.3 Å². The van der Waals surface area contributed by atoms with Crippen molar-refractivity contribution >= 4 is 27.4 Å². The average Bonchev–Trinajstić information content (AvgIpc) is 2.83. The number of hydrogen-bond acceptors (Lipinski definition) is 4. The molecule has 0 aliphatic heterocycles. The van der Waals surface area contributed by atoms with Crippen molar-refractivity contribution in [2.24, 2.45) is 11.8 Å². The maximum atomic E-state index is 4.40. The van der Waals surface area contributed by atoms with Crippen LogP contribution in [0.4, 0.5) is 5.82 Å². The van der Waals surface area contributed by atoms with Gasteiger partial charge in [0, 0.05) is 6.04 Å². The highest BCUT2D eigenvalue weighted by atomic mass is 32.1. The Morgan fingerprint density at radius 3 is 2.94 bits per heavy atom. The van der Waals surface area contributed by atoms with E-state index in [1.165, 1.54) is 19.3 Å². The number of rotatable bonds is 2. The van der Waals surface area contributed by atoms with Crippen molar-refractivity contribution in [2.45, 2.75) is 39.2 Å². The second-order valence-corrected chi connectivity index (χ2v) is 6.37. The number of anilines is 1. The van der Waals surface area contributed by atoms with Crippen LogP contribution in [0.3, 0.4) is 0 Å². The van der Waals surface area contributed by atoms with E-state index < -0.39 is 0 Å². The summed E-state index contributed by atoms with van der Waals surface area (Å²) in [5.41, 5.74) is 0. The summed E-state index contributed by atoms with van der Waals surface area (Å²) in [6.07, 6.45) is 5.48. The van der Waals surface area contributed by atoms with Gasteiger partial charge in [-0.1, -0.05) is 13.8 Å². The third-order valence-corrected chi connectivity index (χ3v) is 5.02. The molecule has 1 aliphatic rings. The van der Waals surface area contributed by atoms with Crippen LogP contribution in [0.5, 0.6) is 0 Å². The Kier molecular flexibility index (Phi) is 3.20. The minimum absolute atomic E-state index is 0.564.